The molecule has 0 N–H and O–H groups in total. The second-order valence-electron chi connectivity index (χ2n) is 6.41. The summed E-state index contributed by atoms with van der Waals surface area (Å²) in [6.45, 7) is 6.18. The predicted octanol–water partition coefficient (Wildman–Crippen LogP) is 4.26. The Morgan fingerprint density at radius 3 is 2.62 bits per heavy atom. The largest absolute Gasteiger partial charge is 0.341 e. The number of carbonyl (C=O) groups excluding carboxylic acids is 1. The first-order valence-corrected chi connectivity index (χ1v) is 10.3. The fourth-order valence-electron chi connectivity index (χ4n) is 3.13. The third-order valence-electron chi connectivity index (χ3n) is 4.07. The van der Waals surface area contributed by atoms with Gasteiger partial charge in [0.1, 0.15) is 0 Å². The molecule has 128 valence electrons. The lowest BCUT2D eigenvalue weighted by atomic mass is 9.92. The van der Waals surface area contributed by atoms with Crippen molar-refractivity contribution in [2.75, 3.05) is 18.8 Å². The maximum absolute atomic E-state index is 12.5. The second-order valence-corrected chi connectivity index (χ2v) is 9.26. The highest BCUT2D eigenvalue weighted by atomic mass is 32.2. The quantitative estimate of drug-likeness (QED) is 0.588. The van der Waals surface area contributed by atoms with Crippen molar-refractivity contribution in [1.82, 2.24) is 14.7 Å². The average molecular weight is 380 g/mol. The molecule has 1 fully saturated rings. The van der Waals surface area contributed by atoms with Crippen LogP contribution in [0.5, 0.6) is 0 Å². The van der Waals surface area contributed by atoms with Crippen LogP contribution in [0.25, 0.3) is 5.69 Å². The van der Waals surface area contributed by atoms with Crippen LogP contribution < -0.4 is 0 Å². The van der Waals surface area contributed by atoms with Gasteiger partial charge >= 0.3 is 0 Å². The lowest BCUT2D eigenvalue weighted by Crippen LogP contribution is -2.43. The van der Waals surface area contributed by atoms with Gasteiger partial charge in [0.15, 0.2) is 8.29 Å². The zero-order valence-electron chi connectivity index (χ0n) is 13.8. The summed E-state index contributed by atoms with van der Waals surface area (Å²) in [6.07, 6.45) is 1.21. The Bertz CT molecular complexity index is 746. The molecule has 1 aliphatic rings. The van der Waals surface area contributed by atoms with Crippen molar-refractivity contribution in [2.24, 2.45) is 11.8 Å². The standard InChI is InChI=1S/C17H21N3OS3/c1-12-8-13(2)10-19(9-12)15(21)11-23-16-18-20(17(22)24-16)14-6-4-3-5-7-14/h3-7,12-13H,8-11H2,1-2H3/t12-,13+. The molecule has 0 radical (unpaired) electrons. The molecule has 1 aromatic heterocycles. The van der Waals surface area contributed by atoms with E-state index in [0.29, 0.717) is 21.5 Å². The van der Waals surface area contributed by atoms with Gasteiger partial charge in [0.05, 0.1) is 11.4 Å². The summed E-state index contributed by atoms with van der Waals surface area (Å²) < 4.78 is 3.31. The third-order valence-corrected chi connectivity index (χ3v) is 6.42. The smallest absolute Gasteiger partial charge is 0.233 e. The highest BCUT2D eigenvalue weighted by Gasteiger charge is 2.25. The van der Waals surface area contributed by atoms with E-state index in [9.17, 15) is 4.79 Å². The molecule has 2 aromatic rings. The summed E-state index contributed by atoms with van der Waals surface area (Å²) in [4.78, 5) is 14.5. The maximum atomic E-state index is 12.5. The fourth-order valence-corrected chi connectivity index (χ4v) is 5.40. The van der Waals surface area contributed by atoms with Crippen LogP contribution in [0, 0.1) is 15.8 Å². The van der Waals surface area contributed by atoms with Crippen LogP contribution in [0.2, 0.25) is 0 Å². The molecule has 0 bridgehead atoms. The topological polar surface area (TPSA) is 38.1 Å². The lowest BCUT2D eigenvalue weighted by molar-refractivity contribution is -0.130. The number of rotatable bonds is 4. The Morgan fingerprint density at radius 2 is 1.96 bits per heavy atom. The molecule has 1 saturated heterocycles. The van der Waals surface area contributed by atoms with Crippen molar-refractivity contribution in [1.29, 1.82) is 0 Å². The Balaban J connectivity index is 1.63. The van der Waals surface area contributed by atoms with Gasteiger partial charge in [0, 0.05) is 13.1 Å². The number of hydrogen-bond acceptors (Lipinski definition) is 5. The molecule has 1 aromatic carbocycles. The van der Waals surface area contributed by atoms with E-state index in [0.717, 1.165) is 23.1 Å². The number of amides is 1. The van der Waals surface area contributed by atoms with Crippen LogP contribution in [-0.2, 0) is 4.79 Å². The van der Waals surface area contributed by atoms with Gasteiger partial charge in [-0.2, -0.15) is 0 Å². The van der Waals surface area contributed by atoms with Crippen LogP contribution in [0.4, 0.5) is 0 Å². The first-order chi connectivity index (χ1) is 11.5. The van der Waals surface area contributed by atoms with Gasteiger partial charge in [0.2, 0.25) is 5.91 Å². The molecule has 0 unspecified atom stereocenters. The van der Waals surface area contributed by atoms with Gasteiger partial charge < -0.3 is 4.90 Å². The Morgan fingerprint density at radius 1 is 1.29 bits per heavy atom. The highest BCUT2D eigenvalue weighted by molar-refractivity contribution is 8.01. The van der Waals surface area contributed by atoms with Gasteiger partial charge in [-0.05, 0) is 42.6 Å². The first-order valence-electron chi connectivity index (χ1n) is 8.09. The zero-order chi connectivity index (χ0) is 17.1. The number of hydrogen-bond donors (Lipinski definition) is 0. The van der Waals surface area contributed by atoms with E-state index in [2.05, 4.69) is 18.9 Å². The predicted molar refractivity (Wildman–Crippen MR) is 103 cm³/mol. The van der Waals surface area contributed by atoms with Crippen molar-refractivity contribution in [3.63, 3.8) is 0 Å². The summed E-state index contributed by atoms with van der Waals surface area (Å²) in [5.74, 6) is 1.80. The maximum Gasteiger partial charge on any atom is 0.233 e. The SMILES string of the molecule is C[C@@H]1C[C@H](C)CN(C(=O)CSc2nn(-c3ccccc3)c(=S)s2)C1. The van der Waals surface area contributed by atoms with Crippen LogP contribution in [0.1, 0.15) is 20.3 Å². The van der Waals surface area contributed by atoms with Crippen molar-refractivity contribution in [3.05, 3.63) is 34.3 Å². The van der Waals surface area contributed by atoms with Crippen LogP contribution in [0.15, 0.2) is 34.7 Å². The lowest BCUT2D eigenvalue weighted by Gasteiger charge is -2.34. The number of benzene rings is 1. The summed E-state index contributed by atoms with van der Waals surface area (Å²) >= 11 is 8.34. The van der Waals surface area contributed by atoms with Gasteiger partial charge in [-0.15, -0.1) is 5.10 Å². The van der Waals surface area contributed by atoms with Gasteiger partial charge in [-0.3, -0.25) is 4.79 Å². The van der Waals surface area contributed by atoms with Gasteiger partial charge in [-0.25, -0.2) is 4.68 Å². The number of likely N-dealkylation sites (tertiary alicyclic amines) is 1. The number of para-hydroxylation sites is 1. The Kier molecular flexibility index (Phi) is 5.73. The Labute approximate surface area is 155 Å². The minimum absolute atomic E-state index is 0.200. The van der Waals surface area contributed by atoms with Crippen LogP contribution in [0.3, 0.4) is 0 Å². The monoisotopic (exact) mass is 379 g/mol. The molecule has 3 rings (SSSR count). The van der Waals surface area contributed by atoms with Crippen molar-refractivity contribution < 1.29 is 4.79 Å². The van der Waals surface area contributed by atoms with E-state index in [1.807, 2.05) is 35.2 Å². The first kappa shape index (κ1) is 17.6. The van der Waals surface area contributed by atoms with Crippen molar-refractivity contribution >= 4 is 41.2 Å². The van der Waals surface area contributed by atoms with E-state index in [1.54, 1.807) is 4.68 Å². The minimum Gasteiger partial charge on any atom is -0.341 e. The molecule has 0 saturated carbocycles. The number of thioether (sulfide) groups is 1. The molecule has 7 heteroatoms. The molecule has 0 aliphatic carbocycles. The number of nitrogens with zero attached hydrogens (tertiary/aromatic N) is 3. The molecule has 0 spiro atoms. The van der Waals surface area contributed by atoms with E-state index < -0.39 is 0 Å². The summed E-state index contributed by atoms with van der Waals surface area (Å²) in [7, 11) is 0. The average Bonchev–Trinajstić information content (AvgIpc) is 2.93. The van der Waals surface area contributed by atoms with E-state index >= 15 is 0 Å². The van der Waals surface area contributed by atoms with Crippen molar-refractivity contribution in [2.45, 2.75) is 24.6 Å². The number of piperidine rings is 1. The third kappa shape index (κ3) is 4.26. The second kappa shape index (κ2) is 7.80. The number of carbonyl (C=O) groups is 1. The Hall–Kier alpha value is -1.18. The van der Waals surface area contributed by atoms with Crippen LogP contribution >= 0.6 is 35.3 Å². The molecular formula is C17H21N3OS3. The molecule has 1 aliphatic heterocycles. The molecule has 24 heavy (non-hydrogen) atoms. The highest BCUT2D eigenvalue weighted by Crippen LogP contribution is 2.26. The fraction of sp³-hybridized carbons (Fsp3) is 0.471. The summed E-state index contributed by atoms with van der Waals surface area (Å²) in [6, 6.07) is 9.85. The normalized spacial score (nSPS) is 21.0. The van der Waals surface area contributed by atoms with Gasteiger partial charge in [-0.1, -0.05) is 55.1 Å². The number of aromatic nitrogens is 2. The van der Waals surface area contributed by atoms with E-state index in [4.69, 9.17) is 12.2 Å². The molecule has 2 heterocycles. The zero-order valence-corrected chi connectivity index (χ0v) is 16.3. The molecule has 1 amide bonds. The molecule has 2 atom stereocenters. The van der Waals surface area contributed by atoms with E-state index in [-0.39, 0.29) is 5.91 Å². The van der Waals surface area contributed by atoms with Gasteiger partial charge in [0.25, 0.3) is 0 Å². The van der Waals surface area contributed by atoms with Crippen molar-refractivity contribution in [3.8, 4) is 5.69 Å². The minimum atomic E-state index is 0.200. The molecule has 4 nitrogen and oxygen atoms in total. The summed E-state index contributed by atoms with van der Waals surface area (Å²) in [5, 5.41) is 4.55. The van der Waals surface area contributed by atoms with Crippen LogP contribution in [-0.4, -0.2) is 39.4 Å². The summed E-state index contributed by atoms with van der Waals surface area (Å²) in [5.41, 5.74) is 0.954. The van der Waals surface area contributed by atoms with E-state index in [1.165, 1.54) is 29.5 Å². The molecular weight excluding hydrogens is 358 g/mol.